The molecule has 11 heteroatoms. The zero-order chi connectivity index (χ0) is 30.8. The number of rotatable bonds is 9. The first-order valence-corrected chi connectivity index (χ1v) is 15.0. The molecule has 0 aliphatic carbocycles. The van der Waals surface area contributed by atoms with Crippen molar-refractivity contribution in [3.05, 3.63) is 117 Å². The van der Waals surface area contributed by atoms with Crippen LogP contribution in [0.3, 0.4) is 0 Å². The summed E-state index contributed by atoms with van der Waals surface area (Å²) in [5, 5.41) is 9.34. The highest BCUT2D eigenvalue weighted by atomic mass is 32.1. The van der Waals surface area contributed by atoms with Gasteiger partial charge in [-0.25, -0.2) is 4.68 Å². The lowest BCUT2D eigenvalue weighted by atomic mass is 10.1. The van der Waals surface area contributed by atoms with E-state index in [4.69, 9.17) is 24.0 Å². The standard InChI is InChI=1S/C34H27N5O5S/c1-3-15-42-26-12-9-22(18-28(26)41-2)10-14-31-35-34-39(36-31)33(40)30(45-34)20-24-21-38(25-7-5-4-6-8-25)37-32(24)23-11-13-27-29(19-23)44-17-16-43-27/h3-14,18-21H,1,15-17H2,2H3/b14-10+,30-20-. The molecule has 7 rings (SSSR count). The average molecular weight is 618 g/mol. The first kappa shape index (κ1) is 28.1. The molecule has 3 aromatic carbocycles. The summed E-state index contributed by atoms with van der Waals surface area (Å²) < 4.78 is 26.2. The molecule has 0 bridgehead atoms. The van der Waals surface area contributed by atoms with Gasteiger partial charge in [-0.1, -0.05) is 54.3 Å². The van der Waals surface area contributed by atoms with Crippen LogP contribution >= 0.6 is 11.3 Å². The summed E-state index contributed by atoms with van der Waals surface area (Å²) in [7, 11) is 1.59. The molecule has 0 saturated heterocycles. The monoisotopic (exact) mass is 617 g/mol. The summed E-state index contributed by atoms with van der Waals surface area (Å²) in [5.74, 6) is 3.01. The smallest absolute Gasteiger partial charge is 0.291 e. The largest absolute Gasteiger partial charge is 0.493 e. The molecular weight excluding hydrogens is 590 g/mol. The van der Waals surface area contributed by atoms with E-state index in [0.29, 0.717) is 63.8 Å². The molecule has 10 nitrogen and oxygen atoms in total. The number of ether oxygens (including phenoxy) is 4. The number of aromatic nitrogens is 5. The lowest BCUT2D eigenvalue weighted by Gasteiger charge is -2.18. The van der Waals surface area contributed by atoms with Crippen molar-refractivity contribution in [1.82, 2.24) is 24.4 Å². The van der Waals surface area contributed by atoms with Crippen LogP contribution in [-0.2, 0) is 0 Å². The molecule has 1 aliphatic heterocycles. The van der Waals surface area contributed by atoms with Gasteiger partial charge in [-0.2, -0.15) is 14.6 Å². The quantitative estimate of drug-likeness (QED) is 0.208. The van der Waals surface area contributed by atoms with Gasteiger partial charge < -0.3 is 18.9 Å². The Labute approximate surface area is 261 Å². The Hall–Kier alpha value is -5.68. The molecule has 1 aliphatic rings. The van der Waals surface area contributed by atoms with Crippen LogP contribution in [-0.4, -0.2) is 51.3 Å². The van der Waals surface area contributed by atoms with E-state index in [-0.39, 0.29) is 5.56 Å². The Kier molecular flexibility index (Phi) is 7.58. The molecule has 0 spiro atoms. The maximum absolute atomic E-state index is 13.5. The fraction of sp³-hybridized carbons (Fsp3) is 0.118. The van der Waals surface area contributed by atoms with Gasteiger partial charge >= 0.3 is 0 Å². The van der Waals surface area contributed by atoms with Crippen molar-refractivity contribution in [2.75, 3.05) is 26.9 Å². The summed E-state index contributed by atoms with van der Waals surface area (Å²) in [6, 6.07) is 21.1. The molecule has 0 atom stereocenters. The third-order valence-electron chi connectivity index (χ3n) is 7.03. The van der Waals surface area contributed by atoms with Gasteiger partial charge in [0.05, 0.1) is 17.3 Å². The summed E-state index contributed by atoms with van der Waals surface area (Å²) in [6.45, 7) is 5.05. The molecule has 0 amide bonds. The number of benzene rings is 3. The van der Waals surface area contributed by atoms with E-state index in [1.807, 2.05) is 85.1 Å². The van der Waals surface area contributed by atoms with Crippen LogP contribution in [0.25, 0.3) is 40.1 Å². The molecule has 0 fully saturated rings. The Morgan fingerprint density at radius 1 is 0.978 bits per heavy atom. The van der Waals surface area contributed by atoms with Gasteiger partial charge in [-0.05, 0) is 60.2 Å². The molecule has 6 aromatic rings. The average Bonchev–Trinajstić information content (AvgIpc) is 3.77. The van der Waals surface area contributed by atoms with Crippen LogP contribution in [0.1, 0.15) is 17.0 Å². The Balaban J connectivity index is 1.23. The third-order valence-corrected chi connectivity index (χ3v) is 7.99. The number of hydrogen-bond acceptors (Lipinski definition) is 9. The molecule has 0 unspecified atom stereocenters. The maximum atomic E-state index is 13.5. The molecular formula is C34H27N5O5S. The molecule has 0 N–H and O–H groups in total. The van der Waals surface area contributed by atoms with Gasteiger partial charge in [0.15, 0.2) is 28.8 Å². The molecule has 4 heterocycles. The van der Waals surface area contributed by atoms with Gasteiger partial charge in [-0.3, -0.25) is 4.79 Å². The van der Waals surface area contributed by atoms with E-state index in [0.717, 1.165) is 22.4 Å². The minimum absolute atomic E-state index is 0.256. The van der Waals surface area contributed by atoms with Crippen LogP contribution in [0, 0.1) is 0 Å². The molecule has 0 radical (unpaired) electrons. The van der Waals surface area contributed by atoms with Gasteiger partial charge in [0.25, 0.3) is 5.56 Å². The van der Waals surface area contributed by atoms with E-state index >= 15 is 0 Å². The van der Waals surface area contributed by atoms with Crippen molar-refractivity contribution >= 4 is 34.5 Å². The first-order valence-electron chi connectivity index (χ1n) is 14.2. The number of hydrogen-bond donors (Lipinski definition) is 0. The van der Waals surface area contributed by atoms with Gasteiger partial charge in [0, 0.05) is 17.3 Å². The topological polar surface area (TPSA) is 102 Å². The predicted molar refractivity (Wildman–Crippen MR) is 174 cm³/mol. The summed E-state index contributed by atoms with van der Waals surface area (Å²) in [4.78, 5) is 18.5. The predicted octanol–water partition coefficient (Wildman–Crippen LogP) is 5.07. The van der Waals surface area contributed by atoms with E-state index in [1.165, 1.54) is 15.9 Å². The second kappa shape index (κ2) is 12.1. The zero-order valence-corrected chi connectivity index (χ0v) is 25.1. The maximum Gasteiger partial charge on any atom is 0.291 e. The fourth-order valence-electron chi connectivity index (χ4n) is 4.91. The molecule has 0 saturated carbocycles. The first-order chi connectivity index (χ1) is 22.1. The Bertz CT molecular complexity index is 2170. The van der Waals surface area contributed by atoms with E-state index in [2.05, 4.69) is 16.7 Å². The molecule has 224 valence electrons. The SMILES string of the molecule is C=CCOc1ccc(/C=C/c2nc3s/c(=C\c4cn(-c5ccccc5)nc4-c4ccc5c(c4)OCCO5)c(=O)n3n2)cc1OC. The highest BCUT2D eigenvalue weighted by molar-refractivity contribution is 7.15. The highest BCUT2D eigenvalue weighted by Gasteiger charge is 2.18. The van der Waals surface area contributed by atoms with Crippen LogP contribution < -0.4 is 29.0 Å². The van der Waals surface area contributed by atoms with Crippen molar-refractivity contribution in [3.63, 3.8) is 0 Å². The summed E-state index contributed by atoms with van der Waals surface area (Å²) >= 11 is 1.27. The highest BCUT2D eigenvalue weighted by Crippen LogP contribution is 2.35. The molecule has 3 aromatic heterocycles. The van der Waals surface area contributed by atoms with Crippen molar-refractivity contribution in [2.24, 2.45) is 0 Å². The third kappa shape index (κ3) is 5.68. The normalized spacial score (nSPS) is 13.0. The minimum atomic E-state index is -0.256. The lowest BCUT2D eigenvalue weighted by Crippen LogP contribution is -2.23. The number of fused-ring (bicyclic) bond motifs is 2. The van der Waals surface area contributed by atoms with Crippen molar-refractivity contribution in [1.29, 1.82) is 0 Å². The number of para-hydroxylation sites is 1. The van der Waals surface area contributed by atoms with Crippen molar-refractivity contribution < 1.29 is 18.9 Å². The zero-order valence-electron chi connectivity index (χ0n) is 24.3. The van der Waals surface area contributed by atoms with Crippen LogP contribution in [0.5, 0.6) is 23.0 Å². The second-order valence-electron chi connectivity index (χ2n) is 10.00. The van der Waals surface area contributed by atoms with Gasteiger partial charge in [0.2, 0.25) is 4.96 Å². The Morgan fingerprint density at radius 2 is 1.82 bits per heavy atom. The second-order valence-corrected chi connectivity index (χ2v) is 11.0. The fourth-order valence-corrected chi connectivity index (χ4v) is 5.81. The van der Waals surface area contributed by atoms with Crippen LogP contribution in [0.4, 0.5) is 0 Å². The number of thiazole rings is 1. The van der Waals surface area contributed by atoms with Crippen LogP contribution in [0.2, 0.25) is 0 Å². The molecule has 45 heavy (non-hydrogen) atoms. The van der Waals surface area contributed by atoms with Crippen molar-refractivity contribution in [2.45, 2.75) is 0 Å². The van der Waals surface area contributed by atoms with Gasteiger partial charge in [-0.15, -0.1) is 5.10 Å². The number of methoxy groups -OCH3 is 1. The minimum Gasteiger partial charge on any atom is -0.493 e. The Morgan fingerprint density at radius 3 is 2.62 bits per heavy atom. The number of nitrogens with zero attached hydrogens (tertiary/aromatic N) is 5. The lowest BCUT2D eigenvalue weighted by molar-refractivity contribution is 0.171. The summed E-state index contributed by atoms with van der Waals surface area (Å²) in [6.07, 6.45) is 9.03. The van der Waals surface area contributed by atoms with Gasteiger partial charge in [0.1, 0.15) is 25.5 Å². The van der Waals surface area contributed by atoms with Crippen LogP contribution in [0.15, 0.2) is 90.4 Å². The van der Waals surface area contributed by atoms with E-state index in [1.54, 1.807) is 23.9 Å². The van der Waals surface area contributed by atoms with E-state index in [9.17, 15) is 4.79 Å². The van der Waals surface area contributed by atoms with E-state index < -0.39 is 0 Å². The summed E-state index contributed by atoms with van der Waals surface area (Å²) in [5.41, 5.74) is 3.83. The van der Waals surface area contributed by atoms with Crippen molar-refractivity contribution in [3.8, 4) is 39.9 Å².